The van der Waals surface area contributed by atoms with Crippen LogP contribution in [0.1, 0.15) is 18.4 Å². The third-order valence-corrected chi connectivity index (χ3v) is 4.57. The van der Waals surface area contributed by atoms with E-state index in [1.54, 1.807) is 19.2 Å². The molecule has 2 aromatic rings. The van der Waals surface area contributed by atoms with Crippen LogP contribution in [0.15, 0.2) is 48.5 Å². The number of nitrogens with one attached hydrogen (secondary N) is 1. The van der Waals surface area contributed by atoms with Gasteiger partial charge in [0.1, 0.15) is 11.6 Å². The standard InChI is InChI=1S/C21H25FN2O3/c1-26-20-7-3-2-5-16(20)13-24(14-19-6-4-12-27-19)15-21(25)23-18-10-8-17(22)9-11-18/h2-3,5,7-11,19H,4,6,12-15H2,1H3,(H,23,25). The second kappa shape index (κ2) is 9.48. The van der Waals surface area contributed by atoms with Crippen LogP contribution in [0.3, 0.4) is 0 Å². The molecule has 1 saturated heterocycles. The highest BCUT2D eigenvalue weighted by Gasteiger charge is 2.22. The number of halogens is 1. The molecule has 0 saturated carbocycles. The lowest BCUT2D eigenvalue weighted by molar-refractivity contribution is -0.117. The second-order valence-corrected chi connectivity index (χ2v) is 6.67. The number of carbonyl (C=O) groups excluding carboxylic acids is 1. The van der Waals surface area contributed by atoms with Crippen molar-refractivity contribution in [1.82, 2.24) is 4.90 Å². The first kappa shape index (κ1) is 19.3. The molecule has 0 spiro atoms. The van der Waals surface area contributed by atoms with Gasteiger partial charge in [0, 0.05) is 30.9 Å². The topological polar surface area (TPSA) is 50.8 Å². The monoisotopic (exact) mass is 372 g/mol. The number of nitrogens with zero attached hydrogens (tertiary/aromatic N) is 1. The van der Waals surface area contributed by atoms with Crippen LogP contribution in [0, 0.1) is 5.82 Å². The minimum Gasteiger partial charge on any atom is -0.496 e. The van der Waals surface area contributed by atoms with Gasteiger partial charge in [0.25, 0.3) is 0 Å². The Morgan fingerprint density at radius 2 is 2.04 bits per heavy atom. The van der Waals surface area contributed by atoms with Crippen LogP contribution in [-0.4, -0.2) is 43.7 Å². The summed E-state index contributed by atoms with van der Waals surface area (Å²) in [6, 6.07) is 13.6. The predicted octanol–water partition coefficient (Wildman–Crippen LogP) is 3.45. The minimum absolute atomic E-state index is 0.137. The van der Waals surface area contributed by atoms with Crippen molar-refractivity contribution < 1.29 is 18.7 Å². The molecule has 0 bridgehead atoms. The molecule has 27 heavy (non-hydrogen) atoms. The van der Waals surface area contributed by atoms with Crippen molar-refractivity contribution in [3.8, 4) is 5.75 Å². The molecule has 1 amide bonds. The number of benzene rings is 2. The van der Waals surface area contributed by atoms with Gasteiger partial charge < -0.3 is 14.8 Å². The summed E-state index contributed by atoms with van der Waals surface area (Å²) in [7, 11) is 1.64. The molecule has 1 aliphatic rings. The largest absolute Gasteiger partial charge is 0.496 e. The molecule has 1 atom stereocenters. The van der Waals surface area contributed by atoms with Gasteiger partial charge in [0.05, 0.1) is 19.8 Å². The number of anilines is 1. The molecule has 0 aromatic heterocycles. The third-order valence-electron chi connectivity index (χ3n) is 4.57. The van der Waals surface area contributed by atoms with Crippen molar-refractivity contribution in [2.45, 2.75) is 25.5 Å². The average molecular weight is 372 g/mol. The van der Waals surface area contributed by atoms with E-state index >= 15 is 0 Å². The molecular formula is C21H25FN2O3. The highest BCUT2D eigenvalue weighted by atomic mass is 19.1. The second-order valence-electron chi connectivity index (χ2n) is 6.67. The smallest absolute Gasteiger partial charge is 0.238 e. The molecule has 0 aliphatic carbocycles. The van der Waals surface area contributed by atoms with Crippen molar-refractivity contribution >= 4 is 11.6 Å². The Labute approximate surface area is 159 Å². The fourth-order valence-corrected chi connectivity index (χ4v) is 3.27. The van der Waals surface area contributed by atoms with Crippen molar-refractivity contribution in [2.24, 2.45) is 0 Å². The summed E-state index contributed by atoms with van der Waals surface area (Å²) in [6.45, 7) is 2.25. The lowest BCUT2D eigenvalue weighted by Crippen LogP contribution is -2.38. The number of carbonyl (C=O) groups is 1. The number of methoxy groups -OCH3 is 1. The number of amides is 1. The summed E-state index contributed by atoms with van der Waals surface area (Å²) in [5.74, 6) is 0.326. The molecule has 1 aliphatic heterocycles. The number of hydrogen-bond donors (Lipinski definition) is 1. The molecule has 5 nitrogen and oxygen atoms in total. The Morgan fingerprint density at radius 3 is 2.74 bits per heavy atom. The molecule has 6 heteroatoms. The summed E-state index contributed by atoms with van der Waals surface area (Å²) in [6.07, 6.45) is 2.19. The number of rotatable bonds is 8. The van der Waals surface area contributed by atoms with Crippen molar-refractivity contribution in [2.75, 3.05) is 32.1 Å². The molecule has 144 valence electrons. The van der Waals surface area contributed by atoms with Crippen molar-refractivity contribution in [3.05, 3.63) is 59.9 Å². The zero-order valence-electron chi connectivity index (χ0n) is 15.5. The van der Waals surface area contributed by atoms with E-state index in [4.69, 9.17) is 9.47 Å². The maximum absolute atomic E-state index is 13.0. The molecular weight excluding hydrogens is 347 g/mol. The first-order valence-electron chi connectivity index (χ1n) is 9.15. The fourth-order valence-electron chi connectivity index (χ4n) is 3.27. The maximum Gasteiger partial charge on any atom is 0.238 e. The lowest BCUT2D eigenvalue weighted by Gasteiger charge is -2.25. The summed E-state index contributed by atoms with van der Waals surface area (Å²) in [5, 5.41) is 2.82. The summed E-state index contributed by atoms with van der Waals surface area (Å²) < 4.78 is 24.2. The van der Waals surface area contributed by atoms with E-state index in [-0.39, 0.29) is 24.4 Å². The Balaban J connectivity index is 1.66. The number of hydrogen-bond acceptors (Lipinski definition) is 4. The van der Waals surface area contributed by atoms with E-state index in [9.17, 15) is 9.18 Å². The first-order valence-corrected chi connectivity index (χ1v) is 9.15. The first-order chi connectivity index (χ1) is 13.1. The van der Waals surface area contributed by atoms with Crippen LogP contribution < -0.4 is 10.1 Å². The Morgan fingerprint density at radius 1 is 1.26 bits per heavy atom. The third kappa shape index (κ3) is 5.77. The summed E-state index contributed by atoms with van der Waals surface area (Å²) in [5.41, 5.74) is 1.60. The number of para-hydroxylation sites is 1. The maximum atomic E-state index is 13.0. The average Bonchev–Trinajstić information content (AvgIpc) is 3.17. The van der Waals surface area contributed by atoms with Gasteiger partial charge in [-0.25, -0.2) is 4.39 Å². The quantitative estimate of drug-likeness (QED) is 0.771. The van der Waals surface area contributed by atoms with Crippen LogP contribution in [0.2, 0.25) is 0 Å². The summed E-state index contributed by atoms with van der Waals surface area (Å²) in [4.78, 5) is 14.6. The van der Waals surface area contributed by atoms with E-state index in [0.29, 0.717) is 18.8 Å². The van der Waals surface area contributed by atoms with E-state index in [0.717, 1.165) is 30.8 Å². The van der Waals surface area contributed by atoms with Gasteiger partial charge in [0.2, 0.25) is 5.91 Å². The molecule has 1 unspecified atom stereocenters. The molecule has 0 radical (unpaired) electrons. The highest BCUT2D eigenvalue weighted by Crippen LogP contribution is 2.21. The van der Waals surface area contributed by atoms with Gasteiger partial charge in [-0.05, 0) is 43.2 Å². The minimum atomic E-state index is -0.329. The fraction of sp³-hybridized carbons (Fsp3) is 0.381. The highest BCUT2D eigenvalue weighted by molar-refractivity contribution is 5.92. The van der Waals surface area contributed by atoms with E-state index in [1.807, 2.05) is 24.3 Å². The van der Waals surface area contributed by atoms with Crippen LogP contribution in [0.4, 0.5) is 10.1 Å². The van der Waals surface area contributed by atoms with Crippen molar-refractivity contribution in [1.29, 1.82) is 0 Å². The molecule has 1 heterocycles. The van der Waals surface area contributed by atoms with Gasteiger partial charge in [-0.1, -0.05) is 18.2 Å². The Hall–Kier alpha value is -2.44. The van der Waals surface area contributed by atoms with Crippen LogP contribution in [0.5, 0.6) is 5.75 Å². The SMILES string of the molecule is COc1ccccc1CN(CC(=O)Nc1ccc(F)cc1)CC1CCCO1. The zero-order valence-corrected chi connectivity index (χ0v) is 15.5. The molecule has 3 rings (SSSR count). The van der Waals surface area contributed by atoms with Gasteiger partial charge >= 0.3 is 0 Å². The Kier molecular flexibility index (Phi) is 6.79. The van der Waals surface area contributed by atoms with Gasteiger partial charge in [0.15, 0.2) is 0 Å². The number of ether oxygens (including phenoxy) is 2. The van der Waals surface area contributed by atoms with E-state index in [1.165, 1.54) is 12.1 Å². The van der Waals surface area contributed by atoms with Crippen LogP contribution in [0.25, 0.3) is 0 Å². The van der Waals surface area contributed by atoms with Crippen LogP contribution in [-0.2, 0) is 16.1 Å². The predicted molar refractivity (Wildman–Crippen MR) is 102 cm³/mol. The van der Waals surface area contributed by atoms with Crippen LogP contribution >= 0.6 is 0 Å². The zero-order chi connectivity index (χ0) is 19.1. The van der Waals surface area contributed by atoms with Gasteiger partial charge in [-0.15, -0.1) is 0 Å². The summed E-state index contributed by atoms with van der Waals surface area (Å²) >= 11 is 0. The normalized spacial score (nSPS) is 16.5. The molecule has 1 fully saturated rings. The van der Waals surface area contributed by atoms with Gasteiger partial charge in [-0.3, -0.25) is 9.69 Å². The molecule has 2 aromatic carbocycles. The van der Waals surface area contributed by atoms with E-state index < -0.39 is 0 Å². The molecule has 1 N–H and O–H groups in total. The van der Waals surface area contributed by atoms with E-state index in [2.05, 4.69) is 10.2 Å². The van der Waals surface area contributed by atoms with Crippen molar-refractivity contribution in [3.63, 3.8) is 0 Å². The lowest BCUT2D eigenvalue weighted by atomic mass is 10.1. The Bertz CT molecular complexity index is 745. The van der Waals surface area contributed by atoms with Gasteiger partial charge in [-0.2, -0.15) is 0 Å².